The van der Waals surface area contributed by atoms with Crippen molar-refractivity contribution in [3.05, 3.63) is 12.7 Å². The van der Waals surface area contributed by atoms with Gasteiger partial charge in [0.2, 0.25) is 5.78 Å². The maximum atomic E-state index is 10.4. The standard InChI is InChI=1S/C6H6O2/c1-2-4-3-5(7)6(4)8/h2,4H,1,3H2. The molecule has 0 aromatic heterocycles. The summed E-state index contributed by atoms with van der Waals surface area (Å²) in [5.41, 5.74) is 0. The Morgan fingerprint density at radius 3 is 2.38 bits per heavy atom. The van der Waals surface area contributed by atoms with Gasteiger partial charge in [0.25, 0.3) is 0 Å². The van der Waals surface area contributed by atoms with E-state index >= 15 is 0 Å². The van der Waals surface area contributed by atoms with Gasteiger partial charge in [-0.25, -0.2) is 0 Å². The minimum absolute atomic E-state index is 0.164. The second-order valence-corrected chi connectivity index (χ2v) is 1.83. The van der Waals surface area contributed by atoms with Crippen molar-refractivity contribution in [2.24, 2.45) is 5.92 Å². The lowest BCUT2D eigenvalue weighted by Gasteiger charge is -2.16. The van der Waals surface area contributed by atoms with Crippen LogP contribution in [0.25, 0.3) is 0 Å². The molecule has 2 heteroatoms. The van der Waals surface area contributed by atoms with E-state index in [4.69, 9.17) is 0 Å². The summed E-state index contributed by atoms with van der Waals surface area (Å²) in [6.45, 7) is 3.39. The summed E-state index contributed by atoms with van der Waals surface area (Å²) >= 11 is 0. The highest BCUT2D eigenvalue weighted by atomic mass is 16.2. The Labute approximate surface area is 47.2 Å². The van der Waals surface area contributed by atoms with Crippen LogP contribution in [0.15, 0.2) is 12.7 Å². The fraction of sp³-hybridized carbons (Fsp3) is 0.333. The highest BCUT2D eigenvalue weighted by Crippen LogP contribution is 2.18. The lowest BCUT2D eigenvalue weighted by molar-refractivity contribution is -0.145. The van der Waals surface area contributed by atoms with Gasteiger partial charge >= 0.3 is 0 Å². The van der Waals surface area contributed by atoms with Gasteiger partial charge in [0.1, 0.15) is 0 Å². The summed E-state index contributed by atoms with van der Waals surface area (Å²) in [5.74, 6) is -0.697. The van der Waals surface area contributed by atoms with Crippen LogP contribution in [0, 0.1) is 5.92 Å². The summed E-state index contributed by atoms with van der Waals surface area (Å²) in [6.07, 6.45) is 1.89. The van der Waals surface area contributed by atoms with Gasteiger partial charge in [0, 0.05) is 6.42 Å². The van der Waals surface area contributed by atoms with Crippen LogP contribution in [0.4, 0.5) is 0 Å². The predicted octanol–water partition coefficient (Wildman–Crippen LogP) is 0.330. The zero-order valence-electron chi connectivity index (χ0n) is 4.39. The fourth-order valence-electron chi connectivity index (χ4n) is 0.659. The minimum atomic E-state index is -0.278. The molecule has 1 fully saturated rings. The van der Waals surface area contributed by atoms with Crippen LogP contribution in [0.3, 0.4) is 0 Å². The second kappa shape index (κ2) is 1.54. The van der Waals surface area contributed by atoms with E-state index in [0.29, 0.717) is 6.42 Å². The summed E-state index contributed by atoms with van der Waals surface area (Å²) in [5, 5.41) is 0. The molecule has 1 aliphatic rings. The molecule has 1 atom stereocenters. The average molecular weight is 110 g/mol. The second-order valence-electron chi connectivity index (χ2n) is 1.83. The maximum Gasteiger partial charge on any atom is 0.205 e. The van der Waals surface area contributed by atoms with Gasteiger partial charge in [0.05, 0.1) is 5.92 Å². The van der Waals surface area contributed by atoms with Crippen LogP contribution in [0.1, 0.15) is 6.42 Å². The molecule has 1 rings (SSSR count). The molecular weight excluding hydrogens is 104 g/mol. The van der Waals surface area contributed by atoms with Crippen molar-refractivity contribution in [1.29, 1.82) is 0 Å². The van der Waals surface area contributed by atoms with Gasteiger partial charge in [-0.15, -0.1) is 6.58 Å². The Bertz CT molecular complexity index is 158. The maximum absolute atomic E-state index is 10.4. The molecule has 42 valence electrons. The van der Waals surface area contributed by atoms with Crippen LogP contribution < -0.4 is 0 Å². The Morgan fingerprint density at radius 1 is 1.62 bits per heavy atom. The largest absolute Gasteiger partial charge is 0.291 e. The van der Waals surface area contributed by atoms with Gasteiger partial charge in [0.15, 0.2) is 5.78 Å². The summed E-state index contributed by atoms with van der Waals surface area (Å²) in [7, 11) is 0. The monoisotopic (exact) mass is 110 g/mol. The zero-order valence-corrected chi connectivity index (χ0v) is 4.39. The van der Waals surface area contributed by atoms with Crippen molar-refractivity contribution in [1.82, 2.24) is 0 Å². The minimum Gasteiger partial charge on any atom is -0.291 e. The normalized spacial score (nSPS) is 27.2. The zero-order chi connectivity index (χ0) is 6.15. The smallest absolute Gasteiger partial charge is 0.205 e. The number of ketones is 2. The number of Topliss-reactive ketones (excluding diaryl/α,β-unsaturated/α-hetero) is 2. The molecular formula is C6H6O2. The molecule has 0 aliphatic heterocycles. The average Bonchev–Trinajstić information content (AvgIpc) is 1.81. The molecule has 0 radical (unpaired) electrons. The number of hydrogen-bond donors (Lipinski definition) is 0. The number of allylic oxidation sites excluding steroid dienone is 1. The molecule has 0 amide bonds. The molecule has 0 N–H and O–H groups in total. The molecule has 1 aliphatic carbocycles. The summed E-state index contributed by atoms with van der Waals surface area (Å²) in [6, 6.07) is 0. The molecule has 0 bridgehead atoms. The van der Waals surface area contributed by atoms with Crippen molar-refractivity contribution < 1.29 is 9.59 Å². The lowest BCUT2D eigenvalue weighted by atomic mass is 9.83. The molecule has 1 unspecified atom stereocenters. The number of carbonyl (C=O) groups is 2. The highest BCUT2D eigenvalue weighted by molar-refractivity contribution is 6.44. The Kier molecular flexibility index (Phi) is 1.01. The van der Waals surface area contributed by atoms with E-state index in [1.807, 2.05) is 0 Å². The van der Waals surface area contributed by atoms with E-state index in [0.717, 1.165) is 0 Å². The van der Waals surface area contributed by atoms with E-state index in [1.54, 1.807) is 0 Å². The number of carbonyl (C=O) groups excluding carboxylic acids is 2. The SMILES string of the molecule is C=CC1CC(=O)C1=O. The van der Waals surface area contributed by atoms with E-state index in [2.05, 4.69) is 6.58 Å². The van der Waals surface area contributed by atoms with Gasteiger partial charge in [-0.05, 0) is 0 Å². The summed E-state index contributed by atoms with van der Waals surface area (Å²) in [4.78, 5) is 20.6. The van der Waals surface area contributed by atoms with E-state index in [9.17, 15) is 9.59 Å². The summed E-state index contributed by atoms with van der Waals surface area (Å²) < 4.78 is 0. The topological polar surface area (TPSA) is 34.1 Å². The third-order valence-electron chi connectivity index (χ3n) is 1.30. The van der Waals surface area contributed by atoms with Crippen LogP contribution in [-0.2, 0) is 9.59 Å². The van der Waals surface area contributed by atoms with Gasteiger partial charge in [-0.2, -0.15) is 0 Å². The van der Waals surface area contributed by atoms with Gasteiger partial charge in [-0.1, -0.05) is 6.08 Å². The Balaban J connectivity index is 2.60. The Hall–Kier alpha value is -0.920. The van der Waals surface area contributed by atoms with Crippen molar-refractivity contribution in [3.63, 3.8) is 0 Å². The van der Waals surface area contributed by atoms with Gasteiger partial charge in [-0.3, -0.25) is 9.59 Å². The van der Waals surface area contributed by atoms with Crippen molar-refractivity contribution >= 4 is 11.6 Å². The predicted molar refractivity (Wildman–Crippen MR) is 28.3 cm³/mol. The third kappa shape index (κ3) is 0.494. The first-order valence-corrected chi connectivity index (χ1v) is 2.45. The first kappa shape index (κ1) is 5.22. The molecule has 0 aromatic rings. The number of hydrogen-bond acceptors (Lipinski definition) is 2. The lowest BCUT2D eigenvalue weighted by Crippen LogP contribution is -2.35. The molecule has 0 saturated heterocycles. The number of rotatable bonds is 1. The highest BCUT2D eigenvalue weighted by Gasteiger charge is 2.34. The van der Waals surface area contributed by atoms with Crippen molar-refractivity contribution in [3.8, 4) is 0 Å². The van der Waals surface area contributed by atoms with E-state index in [-0.39, 0.29) is 17.5 Å². The molecule has 0 aromatic carbocycles. The van der Waals surface area contributed by atoms with Crippen LogP contribution >= 0.6 is 0 Å². The quantitative estimate of drug-likeness (QED) is 0.360. The molecule has 1 saturated carbocycles. The van der Waals surface area contributed by atoms with Crippen LogP contribution in [-0.4, -0.2) is 11.6 Å². The van der Waals surface area contributed by atoms with Gasteiger partial charge < -0.3 is 0 Å². The van der Waals surface area contributed by atoms with Crippen LogP contribution in [0.5, 0.6) is 0 Å². The van der Waals surface area contributed by atoms with E-state index < -0.39 is 0 Å². The third-order valence-corrected chi connectivity index (χ3v) is 1.30. The molecule has 0 spiro atoms. The Morgan fingerprint density at radius 2 is 2.25 bits per heavy atom. The first-order chi connectivity index (χ1) is 3.75. The van der Waals surface area contributed by atoms with E-state index in [1.165, 1.54) is 6.08 Å². The molecule has 8 heavy (non-hydrogen) atoms. The van der Waals surface area contributed by atoms with Crippen molar-refractivity contribution in [2.45, 2.75) is 6.42 Å². The molecule has 0 heterocycles. The van der Waals surface area contributed by atoms with Crippen LogP contribution in [0.2, 0.25) is 0 Å². The molecule has 2 nitrogen and oxygen atoms in total. The van der Waals surface area contributed by atoms with Crippen molar-refractivity contribution in [2.75, 3.05) is 0 Å². The fourth-order valence-corrected chi connectivity index (χ4v) is 0.659. The first-order valence-electron chi connectivity index (χ1n) is 2.45.